The van der Waals surface area contributed by atoms with Crippen LogP contribution in [0.3, 0.4) is 0 Å². The highest BCUT2D eigenvalue weighted by atomic mass is 16.6. The number of aromatic nitrogens is 1. The predicted molar refractivity (Wildman–Crippen MR) is 115 cm³/mol. The van der Waals surface area contributed by atoms with Gasteiger partial charge in [-0.1, -0.05) is 18.2 Å². The van der Waals surface area contributed by atoms with Gasteiger partial charge in [-0.3, -0.25) is 14.9 Å². The Morgan fingerprint density at radius 2 is 1.87 bits per heavy atom. The van der Waals surface area contributed by atoms with E-state index in [2.05, 4.69) is 4.98 Å². The number of benzene rings is 3. The minimum Gasteiger partial charge on any atom is -0.489 e. The van der Waals surface area contributed by atoms with E-state index in [9.17, 15) is 14.9 Å². The summed E-state index contributed by atoms with van der Waals surface area (Å²) in [6.45, 7) is 0.239. The van der Waals surface area contributed by atoms with E-state index in [4.69, 9.17) is 9.47 Å². The van der Waals surface area contributed by atoms with Gasteiger partial charge in [0.15, 0.2) is 5.76 Å². The quantitative estimate of drug-likeness (QED) is 0.274. The van der Waals surface area contributed by atoms with Gasteiger partial charge in [0, 0.05) is 40.9 Å². The fraction of sp³-hybridized carbons (Fsp3) is 0.0417. The van der Waals surface area contributed by atoms with Gasteiger partial charge in [-0.05, 0) is 42.0 Å². The third-order valence-electron chi connectivity index (χ3n) is 5.10. The van der Waals surface area contributed by atoms with Crippen LogP contribution in [-0.2, 0) is 6.61 Å². The monoisotopic (exact) mass is 412 g/mol. The molecule has 152 valence electrons. The summed E-state index contributed by atoms with van der Waals surface area (Å²) in [5.41, 5.74) is 3.17. The fourth-order valence-corrected chi connectivity index (χ4v) is 3.49. The zero-order valence-electron chi connectivity index (χ0n) is 16.2. The van der Waals surface area contributed by atoms with Gasteiger partial charge in [-0.25, -0.2) is 0 Å². The minimum atomic E-state index is -0.444. The Labute approximate surface area is 176 Å². The Kier molecular flexibility index (Phi) is 4.48. The van der Waals surface area contributed by atoms with Crippen LogP contribution in [0, 0.1) is 10.1 Å². The van der Waals surface area contributed by atoms with Gasteiger partial charge >= 0.3 is 0 Å². The highest BCUT2D eigenvalue weighted by molar-refractivity contribution is 6.15. The highest BCUT2D eigenvalue weighted by Crippen LogP contribution is 2.35. The van der Waals surface area contributed by atoms with Crippen LogP contribution in [0.15, 0.2) is 78.7 Å². The predicted octanol–water partition coefficient (Wildman–Crippen LogP) is 5.27. The van der Waals surface area contributed by atoms with Crippen molar-refractivity contribution >= 4 is 28.4 Å². The topological polar surface area (TPSA) is 94.5 Å². The molecule has 0 radical (unpaired) electrons. The molecule has 0 aliphatic carbocycles. The van der Waals surface area contributed by atoms with E-state index in [1.807, 2.05) is 30.5 Å². The van der Waals surface area contributed by atoms with Crippen molar-refractivity contribution in [3.63, 3.8) is 0 Å². The molecule has 2 heterocycles. The molecule has 7 heteroatoms. The first kappa shape index (κ1) is 18.6. The standard InChI is InChI=1S/C24H16N2O5/c27-24-20-10-9-18(30-14-15-5-7-17(8-6-15)26(28)29)12-22(20)31-23(24)11-16-13-25-21-4-2-1-3-19(16)21/h1-13,25H,14H2/b23-11+. The SMILES string of the molecule is O=C1/C(=C\c2c[nH]c3ccccc23)Oc2cc(OCc3ccc([N+](=O)[O-])cc3)ccc21. The van der Waals surface area contributed by atoms with Gasteiger partial charge in [0.1, 0.15) is 18.1 Å². The molecule has 0 saturated heterocycles. The third kappa shape index (κ3) is 3.53. The van der Waals surface area contributed by atoms with Crippen molar-refractivity contribution in [1.29, 1.82) is 0 Å². The van der Waals surface area contributed by atoms with Crippen LogP contribution in [0.5, 0.6) is 11.5 Å². The summed E-state index contributed by atoms with van der Waals surface area (Å²) in [6, 6.07) is 19.1. The molecule has 7 nitrogen and oxygen atoms in total. The smallest absolute Gasteiger partial charge is 0.269 e. The Morgan fingerprint density at radius 3 is 2.68 bits per heavy atom. The zero-order valence-corrected chi connectivity index (χ0v) is 16.2. The lowest BCUT2D eigenvalue weighted by Gasteiger charge is -2.07. The van der Waals surface area contributed by atoms with Crippen molar-refractivity contribution in [3.05, 3.63) is 105 Å². The van der Waals surface area contributed by atoms with Gasteiger partial charge in [-0.2, -0.15) is 0 Å². The Morgan fingerprint density at radius 1 is 1.06 bits per heavy atom. The van der Waals surface area contributed by atoms with E-state index < -0.39 is 4.92 Å². The van der Waals surface area contributed by atoms with Gasteiger partial charge in [0.05, 0.1) is 10.5 Å². The van der Waals surface area contributed by atoms with E-state index in [-0.39, 0.29) is 23.8 Å². The van der Waals surface area contributed by atoms with Gasteiger partial charge < -0.3 is 14.5 Å². The summed E-state index contributed by atoms with van der Waals surface area (Å²) in [7, 11) is 0. The summed E-state index contributed by atoms with van der Waals surface area (Å²) in [6.07, 6.45) is 3.58. The Balaban J connectivity index is 1.33. The van der Waals surface area contributed by atoms with E-state index >= 15 is 0 Å². The van der Waals surface area contributed by atoms with Gasteiger partial charge in [0.25, 0.3) is 5.69 Å². The van der Waals surface area contributed by atoms with Crippen molar-refractivity contribution in [2.24, 2.45) is 0 Å². The van der Waals surface area contributed by atoms with Crippen molar-refractivity contribution in [1.82, 2.24) is 4.98 Å². The summed E-state index contributed by atoms with van der Waals surface area (Å²) in [5.74, 6) is 1.06. The molecule has 31 heavy (non-hydrogen) atoms. The molecule has 0 atom stereocenters. The molecule has 1 aliphatic rings. The number of carbonyl (C=O) groups is 1. The number of hydrogen-bond acceptors (Lipinski definition) is 5. The van der Waals surface area contributed by atoms with E-state index in [0.29, 0.717) is 17.1 Å². The molecular formula is C24H16N2O5. The second-order valence-electron chi connectivity index (χ2n) is 7.10. The molecule has 1 N–H and O–H groups in total. The maximum atomic E-state index is 12.7. The maximum Gasteiger partial charge on any atom is 0.269 e. The number of nitro groups is 1. The number of nitro benzene ring substituents is 1. The van der Waals surface area contributed by atoms with Crippen LogP contribution in [-0.4, -0.2) is 15.7 Å². The van der Waals surface area contributed by atoms with Crippen LogP contribution in [0.4, 0.5) is 5.69 Å². The number of nitrogens with zero attached hydrogens (tertiary/aromatic N) is 1. The molecule has 4 aromatic rings. The average Bonchev–Trinajstić information content (AvgIpc) is 3.33. The first-order valence-corrected chi connectivity index (χ1v) is 9.59. The number of carbonyl (C=O) groups excluding carboxylic acids is 1. The second-order valence-corrected chi connectivity index (χ2v) is 7.10. The van der Waals surface area contributed by atoms with Crippen molar-refractivity contribution in [2.45, 2.75) is 6.61 Å². The van der Waals surface area contributed by atoms with Crippen LogP contribution < -0.4 is 9.47 Å². The third-order valence-corrected chi connectivity index (χ3v) is 5.10. The number of ether oxygens (including phenoxy) is 2. The van der Waals surface area contributed by atoms with Crippen molar-refractivity contribution in [2.75, 3.05) is 0 Å². The number of Topliss-reactive ketones (excluding diaryl/α,β-unsaturated/α-hetero) is 1. The molecule has 0 bridgehead atoms. The normalized spacial score (nSPS) is 13.9. The average molecular weight is 412 g/mol. The first-order valence-electron chi connectivity index (χ1n) is 9.59. The number of allylic oxidation sites excluding steroid dienone is 1. The van der Waals surface area contributed by atoms with Crippen LogP contribution in [0.1, 0.15) is 21.5 Å². The fourth-order valence-electron chi connectivity index (χ4n) is 3.49. The number of hydrogen-bond donors (Lipinski definition) is 1. The van der Waals surface area contributed by atoms with Crippen LogP contribution in [0.2, 0.25) is 0 Å². The van der Waals surface area contributed by atoms with E-state index in [0.717, 1.165) is 22.0 Å². The van der Waals surface area contributed by atoms with Crippen molar-refractivity contribution < 1.29 is 19.2 Å². The number of non-ortho nitro benzene ring substituents is 1. The molecular weight excluding hydrogens is 396 g/mol. The lowest BCUT2D eigenvalue weighted by atomic mass is 10.1. The number of para-hydroxylation sites is 1. The number of rotatable bonds is 5. The summed E-state index contributed by atoms with van der Waals surface area (Å²) < 4.78 is 11.6. The molecule has 0 unspecified atom stereocenters. The molecule has 0 spiro atoms. The molecule has 0 saturated carbocycles. The number of H-pyrrole nitrogens is 1. The minimum absolute atomic E-state index is 0.0303. The molecule has 1 aromatic heterocycles. The number of ketones is 1. The molecule has 3 aromatic carbocycles. The molecule has 0 amide bonds. The summed E-state index contributed by atoms with van der Waals surface area (Å²) >= 11 is 0. The first-order chi connectivity index (χ1) is 15.1. The maximum absolute atomic E-state index is 12.7. The zero-order chi connectivity index (χ0) is 21.4. The number of fused-ring (bicyclic) bond motifs is 2. The number of aromatic amines is 1. The lowest BCUT2D eigenvalue weighted by Crippen LogP contribution is -1.97. The number of nitrogens with one attached hydrogen (secondary N) is 1. The van der Waals surface area contributed by atoms with Gasteiger partial charge in [-0.15, -0.1) is 0 Å². The highest BCUT2D eigenvalue weighted by Gasteiger charge is 2.28. The lowest BCUT2D eigenvalue weighted by molar-refractivity contribution is -0.384. The Hall–Kier alpha value is -4.39. The summed E-state index contributed by atoms with van der Waals surface area (Å²) in [4.78, 5) is 26.2. The molecule has 1 aliphatic heterocycles. The van der Waals surface area contributed by atoms with E-state index in [1.54, 1.807) is 36.4 Å². The summed E-state index contributed by atoms with van der Waals surface area (Å²) in [5, 5.41) is 11.8. The largest absolute Gasteiger partial charge is 0.489 e. The van der Waals surface area contributed by atoms with Crippen LogP contribution >= 0.6 is 0 Å². The Bertz CT molecular complexity index is 1350. The van der Waals surface area contributed by atoms with E-state index in [1.165, 1.54) is 12.1 Å². The van der Waals surface area contributed by atoms with Crippen LogP contribution in [0.25, 0.3) is 17.0 Å². The second kappa shape index (κ2) is 7.46. The molecule has 5 rings (SSSR count). The van der Waals surface area contributed by atoms with Crippen molar-refractivity contribution in [3.8, 4) is 11.5 Å². The molecule has 0 fully saturated rings. The van der Waals surface area contributed by atoms with Gasteiger partial charge in [0.2, 0.25) is 5.78 Å².